The molecule has 0 bridgehead atoms. The van der Waals surface area contributed by atoms with Gasteiger partial charge in [0.25, 0.3) is 0 Å². The lowest BCUT2D eigenvalue weighted by Gasteiger charge is -2.27. The predicted octanol–water partition coefficient (Wildman–Crippen LogP) is 3.22. The molecule has 0 radical (unpaired) electrons. The van der Waals surface area contributed by atoms with E-state index in [4.69, 9.17) is 4.74 Å². The third kappa shape index (κ3) is 2.63. The van der Waals surface area contributed by atoms with Crippen molar-refractivity contribution < 1.29 is 9.66 Å². The molecule has 1 aliphatic heterocycles. The maximum absolute atomic E-state index is 10.7. The largest absolute Gasteiger partial charge is 0.378 e. The van der Waals surface area contributed by atoms with E-state index in [2.05, 4.69) is 11.0 Å². The zero-order chi connectivity index (χ0) is 13.2. The van der Waals surface area contributed by atoms with Crippen LogP contribution in [0, 0.1) is 10.1 Å². The minimum absolute atomic E-state index is 0.191. The first-order valence-electron chi connectivity index (χ1n) is 5.91. The Balaban J connectivity index is 1.81. The van der Waals surface area contributed by atoms with Crippen LogP contribution in [0.1, 0.15) is 0 Å². The van der Waals surface area contributed by atoms with Crippen molar-refractivity contribution in [2.45, 2.75) is 0 Å². The van der Waals surface area contributed by atoms with E-state index < -0.39 is 0 Å². The van der Waals surface area contributed by atoms with Crippen molar-refractivity contribution in [3.63, 3.8) is 0 Å². The van der Waals surface area contributed by atoms with Gasteiger partial charge in [-0.05, 0) is 18.2 Å². The molecule has 3 heterocycles. The smallest absolute Gasteiger partial charge is 0.324 e. The fraction of sp³-hybridized carbons (Fsp3) is 0.333. The van der Waals surface area contributed by atoms with Crippen molar-refractivity contribution >= 4 is 32.7 Å². The van der Waals surface area contributed by atoms with Crippen LogP contribution in [0.3, 0.4) is 0 Å². The Morgan fingerprint density at radius 2 is 1.79 bits per heavy atom. The number of nitro groups is 1. The van der Waals surface area contributed by atoms with Gasteiger partial charge in [0.05, 0.1) is 28.0 Å². The number of anilines is 1. The van der Waals surface area contributed by atoms with Crippen molar-refractivity contribution in [1.82, 2.24) is 0 Å². The van der Waals surface area contributed by atoms with Gasteiger partial charge in [0.2, 0.25) is 0 Å². The Kier molecular flexibility index (Phi) is 3.50. The summed E-state index contributed by atoms with van der Waals surface area (Å²) in [4.78, 5) is 14.7. The molecule has 0 atom stereocenters. The highest BCUT2D eigenvalue weighted by atomic mass is 32.1. The molecule has 2 aromatic rings. The molecule has 1 aliphatic rings. The lowest BCUT2D eigenvalue weighted by Crippen LogP contribution is -2.35. The number of thiophene rings is 2. The van der Waals surface area contributed by atoms with Crippen LogP contribution in [0.2, 0.25) is 0 Å². The van der Waals surface area contributed by atoms with Crippen LogP contribution in [-0.2, 0) is 4.74 Å². The highest BCUT2D eigenvalue weighted by Gasteiger charge is 2.16. The number of morpholine rings is 1. The van der Waals surface area contributed by atoms with Crippen LogP contribution in [-0.4, -0.2) is 31.2 Å². The van der Waals surface area contributed by atoms with Crippen LogP contribution in [0.15, 0.2) is 24.3 Å². The highest BCUT2D eigenvalue weighted by molar-refractivity contribution is 7.25. The van der Waals surface area contributed by atoms with Crippen LogP contribution in [0.4, 0.5) is 10.0 Å². The van der Waals surface area contributed by atoms with Gasteiger partial charge in [-0.1, -0.05) is 11.3 Å². The molecular weight excluding hydrogens is 284 g/mol. The Hall–Kier alpha value is -1.44. The van der Waals surface area contributed by atoms with E-state index in [1.54, 1.807) is 17.4 Å². The average Bonchev–Trinajstić information content (AvgIpc) is 3.09. The maximum Gasteiger partial charge on any atom is 0.324 e. The van der Waals surface area contributed by atoms with Gasteiger partial charge >= 0.3 is 5.00 Å². The summed E-state index contributed by atoms with van der Waals surface area (Å²) in [7, 11) is 0. The molecule has 7 heteroatoms. The van der Waals surface area contributed by atoms with E-state index in [1.807, 2.05) is 12.1 Å². The van der Waals surface area contributed by atoms with E-state index in [0.29, 0.717) is 0 Å². The van der Waals surface area contributed by atoms with E-state index in [9.17, 15) is 10.1 Å². The third-order valence-corrected chi connectivity index (χ3v) is 5.31. The topological polar surface area (TPSA) is 55.6 Å². The molecule has 19 heavy (non-hydrogen) atoms. The quantitative estimate of drug-likeness (QED) is 0.644. The second-order valence-electron chi connectivity index (χ2n) is 4.13. The molecule has 2 aromatic heterocycles. The van der Waals surface area contributed by atoms with Crippen molar-refractivity contribution in [3.05, 3.63) is 34.4 Å². The monoisotopic (exact) mass is 296 g/mol. The third-order valence-electron chi connectivity index (χ3n) is 2.93. The summed E-state index contributed by atoms with van der Waals surface area (Å²) >= 11 is 2.90. The zero-order valence-corrected chi connectivity index (χ0v) is 11.7. The molecule has 0 spiro atoms. The lowest BCUT2D eigenvalue weighted by atomic mass is 10.4. The SMILES string of the molecule is O=[N+]([O-])c1ccc(-c2ccc(N3CCOCC3)s2)s1. The second-order valence-corrected chi connectivity index (χ2v) is 6.26. The molecule has 0 saturated carbocycles. The molecule has 0 aliphatic carbocycles. The number of hydrogen-bond donors (Lipinski definition) is 0. The van der Waals surface area contributed by atoms with Crippen LogP contribution in [0.5, 0.6) is 0 Å². The molecule has 1 saturated heterocycles. The number of rotatable bonds is 3. The molecular formula is C12H12N2O3S2. The van der Waals surface area contributed by atoms with Gasteiger partial charge in [-0.15, -0.1) is 11.3 Å². The summed E-state index contributed by atoms with van der Waals surface area (Å²) in [5, 5.41) is 12.1. The van der Waals surface area contributed by atoms with E-state index in [0.717, 1.165) is 36.1 Å². The molecule has 0 amide bonds. The number of hydrogen-bond acceptors (Lipinski definition) is 6. The molecule has 0 aromatic carbocycles. The van der Waals surface area contributed by atoms with Gasteiger partial charge in [-0.25, -0.2) is 0 Å². The van der Waals surface area contributed by atoms with Gasteiger partial charge in [-0.2, -0.15) is 0 Å². The predicted molar refractivity (Wildman–Crippen MR) is 77.3 cm³/mol. The lowest BCUT2D eigenvalue weighted by molar-refractivity contribution is -0.380. The van der Waals surface area contributed by atoms with Crippen molar-refractivity contribution in [2.24, 2.45) is 0 Å². The maximum atomic E-state index is 10.7. The molecule has 0 unspecified atom stereocenters. The first kappa shape index (κ1) is 12.6. The summed E-state index contributed by atoms with van der Waals surface area (Å²) in [6, 6.07) is 7.49. The minimum Gasteiger partial charge on any atom is -0.378 e. The minimum atomic E-state index is -0.343. The normalized spacial score (nSPS) is 15.7. The van der Waals surface area contributed by atoms with Crippen molar-refractivity contribution in [3.8, 4) is 9.75 Å². The summed E-state index contributed by atoms with van der Waals surface area (Å²) < 4.78 is 5.33. The fourth-order valence-electron chi connectivity index (χ4n) is 1.97. The van der Waals surface area contributed by atoms with Crippen molar-refractivity contribution in [2.75, 3.05) is 31.2 Å². The number of ether oxygens (including phenoxy) is 1. The molecule has 0 N–H and O–H groups in total. The van der Waals surface area contributed by atoms with Gasteiger partial charge in [0, 0.05) is 24.0 Å². The first-order valence-corrected chi connectivity index (χ1v) is 7.54. The Bertz CT molecular complexity index is 587. The Morgan fingerprint density at radius 3 is 2.47 bits per heavy atom. The fourth-order valence-corrected chi connectivity index (χ4v) is 3.94. The zero-order valence-electron chi connectivity index (χ0n) is 10.1. The Morgan fingerprint density at radius 1 is 1.11 bits per heavy atom. The molecule has 100 valence electrons. The van der Waals surface area contributed by atoms with Gasteiger partial charge < -0.3 is 9.64 Å². The summed E-state index contributed by atoms with van der Waals surface area (Å²) in [6.07, 6.45) is 0. The molecule has 1 fully saturated rings. The van der Waals surface area contributed by atoms with Crippen LogP contribution in [0.25, 0.3) is 9.75 Å². The van der Waals surface area contributed by atoms with E-state index >= 15 is 0 Å². The summed E-state index contributed by atoms with van der Waals surface area (Å²) in [6.45, 7) is 3.34. The van der Waals surface area contributed by atoms with E-state index in [1.165, 1.54) is 16.3 Å². The Labute approximate surface area is 118 Å². The summed E-state index contributed by atoms with van der Waals surface area (Å²) in [5.41, 5.74) is 0. The molecule has 5 nitrogen and oxygen atoms in total. The second kappa shape index (κ2) is 5.28. The molecule has 3 rings (SSSR count). The van der Waals surface area contributed by atoms with Gasteiger partial charge in [0.1, 0.15) is 0 Å². The summed E-state index contributed by atoms with van der Waals surface area (Å²) in [5.74, 6) is 0. The van der Waals surface area contributed by atoms with E-state index in [-0.39, 0.29) is 9.92 Å². The average molecular weight is 296 g/mol. The first-order chi connectivity index (χ1) is 9.24. The van der Waals surface area contributed by atoms with Crippen LogP contribution >= 0.6 is 22.7 Å². The van der Waals surface area contributed by atoms with Gasteiger partial charge in [-0.3, -0.25) is 10.1 Å². The highest BCUT2D eigenvalue weighted by Crippen LogP contribution is 2.39. The standard InChI is InChI=1S/C12H12N2O3S2/c15-14(16)12-4-2-10(19-12)9-1-3-11(18-9)13-5-7-17-8-6-13/h1-4H,5-8H2. The van der Waals surface area contributed by atoms with Gasteiger partial charge in [0.15, 0.2) is 0 Å². The number of nitrogens with zero attached hydrogens (tertiary/aromatic N) is 2. The van der Waals surface area contributed by atoms with Crippen molar-refractivity contribution in [1.29, 1.82) is 0 Å². The van der Waals surface area contributed by atoms with Crippen LogP contribution < -0.4 is 4.90 Å².